The van der Waals surface area contributed by atoms with Gasteiger partial charge in [0, 0.05) is 15.8 Å². The van der Waals surface area contributed by atoms with Crippen LogP contribution in [0.5, 0.6) is 0 Å². The molecule has 12 heavy (non-hydrogen) atoms. The van der Waals surface area contributed by atoms with Crippen LogP contribution in [0.15, 0.2) is 6.07 Å². The predicted octanol–water partition coefficient (Wildman–Crippen LogP) is 3.02. The summed E-state index contributed by atoms with van der Waals surface area (Å²) in [6, 6.07) is 2.42. The topological polar surface area (TPSA) is 26.0 Å². The Balaban J connectivity index is 2.89. The summed E-state index contributed by atoms with van der Waals surface area (Å²) in [4.78, 5) is 2.71. The molecule has 0 unspecified atom stereocenters. The normalized spacial score (nSPS) is 13.8. The molecule has 1 rings (SSSR count). The third kappa shape index (κ3) is 1.87. The molecule has 1 aromatic rings. The van der Waals surface area contributed by atoms with E-state index >= 15 is 0 Å². The van der Waals surface area contributed by atoms with E-state index < -0.39 is 0 Å². The van der Waals surface area contributed by atoms with Gasteiger partial charge in [0.25, 0.3) is 0 Å². The zero-order valence-electron chi connectivity index (χ0n) is 8.22. The molecule has 1 aromatic heterocycles. The Bertz CT molecular complexity index is 243. The van der Waals surface area contributed by atoms with Gasteiger partial charge in [0.05, 0.1) is 0 Å². The van der Waals surface area contributed by atoms with Crippen LogP contribution in [0.1, 0.15) is 35.2 Å². The highest BCUT2D eigenvalue weighted by molar-refractivity contribution is 7.12. The van der Waals surface area contributed by atoms with Crippen molar-refractivity contribution in [1.82, 2.24) is 0 Å². The van der Waals surface area contributed by atoms with E-state index in [9.17, 15) is 0 Å². The van der Waals surface area contributed by atoms with Gasteiger partial charge in [-0.25, -0.2) is 0 Å². The van der Waals surface area contributed by atoms with E-state index in [0.29, 0.717) is 5.92 Å². The summed E-state index contributed by atoms with van der Waals surface area (Å²) < 4.78 is 0. The Hall–Kier alpha value is -0.340. The molecule has 0 saturated heterocycles. The lowest BCUT2D eigenvalue weighted by Crippen LogP contribution is -2.14. The van der Waals surface area contributed by atoms with Crippen molar-refractivity contribution < 1.29 is 0 Å². The van der Waals surface area contributed by atoms with Crippen molar-refractivity contribution in [1.29, 1.82) is 0 Å². The fraction of sp³-hybridized carbons (Fsp3) is 0.600. The number of rotatable bonds is 2. The fourth-order valence-corrected chi connectivity index (χ4v) is 2.31. The van der Waals surface area contributed by atoms with Gasteiger partial charge in [-0.3, -0.25) is 0 Å². The molecule has 0 amide bonds. The predicted molar refractivity (Wildman–Crippen MR) is 55.6 cm³/mol. The maximum absolute atomic E-state index is 6.03. The van der Waals surface area contributed by atoms with Gasteiger partial charge >= 0.3 is 0 Å². The smallest absolute Gasteiger partial charge is 0.0413 e. The number of thiophene rings is 1. The Morgan fingerprint density at radius 1 is 1.33 bits per heavy atom. The highest BCUT2D eigenvalue weighted by Gasteiger charge is 2.13. The molecule has 0 aromatic carbocycles. The van der Waals surface area contributed by atoms with E-state index in [1.165, 1.54) is 15.3 Å². The maximum atomic E-state index is 6.03. The van der Waals surface area contributed by atoms with Crippen LogP contribution in [-0.2, 0) is 0 Å². The first-order valence-electron chi connectivity index (χ1n) is 4.35. The van der Waals surface area contributed by atoms with Crippen LogP contribution < -0.4 is 5.73 Å². The monoisotopic (exact) mass is 183 g/mol. The molecule has 0 saturated carbocycles. The molecule has 0 bridgehead atoms. The van der Waals surface area contributed by atoms with Gasteiger partial charge in [0.1, 0.15) is 0 Å². The first-order valence-corrected chi connectivity index (χ1v) is 5.16. The molecule has 0 aliphatic heterocycles. The van der Waals surface area contributed by atoms with Crippen LogP contribution in [0.4, 0.5) is 0 Å². The van der Waals surface area contributed by atoms with Crippen molar-refractivity contribution in [2.45, 2.75) is 33.7 Å². The molecule has 1 heterocycles. The number of aryl methyl sites for hydroxylation is 2. The largest absolute Gasteiger partial charge is 0.323 e. The standard InChI is InChI=1S/C10H17NS/c1-6(2)10(11)9-5-7(3)8(4)12-9/h5-6,10H,11H2,1-4H3/t10-/m0/s1. The molecule has 0 fully saturated rings. The second-order valence-corrected chi connectivity index (χ2v) is 4.95. The zero-order chi connectivity index (χ0) is 9.30. The molecule has 2 heteroatoms. The summed E-state index contributed by atoms with van der Waals surface area (Å²) in [5.41, 5.74) is 7.40. The molecule has 0 spiro atoms. The summed E-state index contributed by atoms with van der Waals surface area (Å²) in [6.07, 6.45) is 0. The SMILES string of the molecule is Cc1cc([C@@H](N)C(C)C)sc1C. The minimum Gasteiger partial charge on any atom is -0.323 e. The molecule has 68 valence electrons. The minimum absolute atomic E-state index is 0.211. The van der Waals surface area contributed by atoms with E-state index in [1.807, 2.05) is 11.3 Å². The highest BCUT2D eigenvalue weighted by atomic mass is 32.1. The average molecular weight is 183 g/mol. The Labute approximate surface area is 78.6 Å². The van der Waals surface area contributed by atoms with Crippen LogP contribution in [0.2, 0.25) is 0 Å². The molecular formula is C10H17NS. The first kappa shape index (κ1) is 9.75. The van der Waals surface area contributed by atoms with E-state index in [0.717, 1.165) is 0 Å². The fourth-order valence-electron chi connectivity index (χ4n) is 1.09. The second kappa shape index (κ2) is 3.58. The Morgan fingerprint density at radius 3 is 2.25 bits per heavy atom. The third-order valence-electron chi connectivity index (χ3n) is 2.23. The summed E-state index contributed by atoms with van der Waals surface area (Å²) in [7, 11) is 0. The number of nitrogens with two attached hydrogens (primary N) is 1. The van der Waals surface area contributed by atoms with Crippen LogP contribution in [-0.4, -0.2) is 0 Å². The van der Waals surface area contributed by atoms with Gasteiger partial charge in [-0.1, -0.05) is 13.8 Å². The van der Waals surface area contributed by atoms with Gasteiger partial charge in [0.2, 0.25) is 0 Å². The average Bonchev–Trinajstić information content (AvgIpc) is 2.30. The summed E-state index contributed by atoms with van der Waals surface area (Å²) in [5, 5.41) is 0. The van der Waals surface area contributed by atoms with Crippen LogP contribution in [0.25, 0.3) is 0 Å². The zero-order valence-corrected chi connectivity index (χ0v) is 9.03. The molecule has 0 aliphatic carbocycles. The minimum atomic E-state index is 0.211. The van der Waals surface area contributed by atoms with Crippen molar-refractivity contribution in [3.63, 3.8) is 0 Å². The van der Waals surface area contributed by atoms with Crippen molar-refractivity contribution in [2.75, 3.05) is 0 Å². The lowest BCUT2D eigenvalue weighted by molar-refractivity contribution is 0.521. The molecule has 0 radical (unpaired) electrons. The van der Waals surface area contributed by atoms with Gasteiger partial charge in [-0.05, 0) is 31.4 Å². The summed E-state index contributed by atoms with van der Waals surface area (Å²) in [6.45, 7) is 8.61. The summed E-state index contributed by atoms with van der Waals surface area (Å²) >= 11 is 1.83. The van der Waals surface area contributed by atoms with Crippen molar-refractivity contribution in [2.24, 2.45) is 11.7 Å². The van der Waals surface area contributed by atoms with E-state index in [4.69, 9.17) is 5.73 Å². The van der Waals surface area contributed by atoms with Crippen molar-refractivity contribution in [3.8, 4) is 0 Å². The maximum Gasteiger partial charge on any atom is 0.0413 e. The van der Waals surface area contributed by atoms with Crippen LogP contribution in [0.3, 0.4) is 0 Å². The lowest BCUT2D eigenvalue weighted by atomic mass is 10.0. The van der Waals surface area contributed by atoms with Gasteiger partial charge in [-0.2, -0.15) is 0 Å². The van der Waals surface area contributed by atoms with Gasteiger partial charge < -0.3 is 5.73 Å². The molecule has 1 atom stereocenters. The molecule has 2 N–H and O–H groups in total. The first-order chi connectivity index (χ1) is 5.52. The van der Waals surface area contributed by atoms with E-state index in [2.05, 4.69) is 33.8 Å². The molecular weight excluding hydrogens is 166 g/mol. The lowest BCUT2D eigenvalue weighted by Gasteiger charge is -2.12. The Morgan fingerprint density at radius 2 is 1.92 bits per heavy atom. The van der Waals surface area contributed by atoms with E-state index in [1.54, 1.807) is 0 Å². The van der Waals surface area contributed by atoms with E-state index in [-0.39, 0.29) is 6.04 Å². The number of hydrogen-bond acceptors (Lipinski definition) is 2. The van der Waals surface area contributed by atoms with Crippen molar-refractivity contribution >= 4 is 11.3 Å². The quantitative estimate of drug-likeness (QED) is 0.749. The van der Waals surface area contributed by atoms with Crippen molar-refractivity contribution in [3.05, 3.63) is 21.4 Å². The van der Waals surface area contributed by atoms with Gasteiger partial charge in [-0.15, -0.1) is 11.3 Å². The summed E-state index contributed by atoms with van der Waals surface area (Å²) in [5.74, 6) is 0.530. The van der Waals surface area contributed by atoms with Crippen LogP contribution in [0, 0.1) is 19.8 Å². The third-order valence-corrected chi connectivity index (χ3v) is 3.49. The molecule has 1 nitrogen and oxygen atoms in total. The molecule has 0 aliphatic rings. The second-order valence-electron chi connectivity index (χ2n) is 3.66. The van der Waals surface area contributed by atoms with Gasteiger partial charge in [0.15, 0.2) is 0 Å². The number of hydrogen-bond donors (Lipinski definition) is 1. The highest BCUT2D eigenvalue weighted by Crippen LogP contribution is 2.28. The van der Waals surface area contributed by atoms with Crippen LogP contribution >= 0.6 is 11.3 Å². The Kier molecular flexibility index (Phi) is 2.91.